The Hall–Kier alpha value is -1.74. The van der Waals surface area contributed by atoms with Crippen LogP contribution in [0.3, 0.4) is 0 Å². The molecule has 0 bridgehead atoms. The number of H-pyrrole nitrogens is 1. The van der Waals surface area contributed by atoms with Crippen molar-refractivity contribution < 1.29 is 18.9 Å². The maximum absolute atomic E-state index is 12.2. The molecule has 132 valence electrons. The minimum absolute atomic E-state index is 0.287. The third-order valence-corrected chi connectivity index (χ3v) is 4.13. The van der Waals surface area contributed by atoms with E-state index >= 15 is 0 Å². The van der Waals surface area contributed by atoms with Gasteiger partial charge in [0.05, 0.1) is 13.2 Å². The van der Waals surface area contributed by atoms with Crippen molar-refractivity contribution in [3.8, 4) is 0 Å². The van der Waals surface area contributed by atoms with Gasteiger partial charge in [0, 0.05) is 11.8 Å². The van der Waals surface area contributed by atoms with Crippen LogP contribution in [0, 0.1) is 6.92 Å². The summed E-state index contributed by atoms with van der Waals surface area (Å²) in [6.45, 7) is 9.53. The Kier molecular flexibility index (Phi) is 4.48. The van der Waals surface area contributed by atoms with Crippen LogP contribution in [0.1, 0.15) is 25.6 Å². The number of nitrogens with zero attached hydrogens (tertiary/aromatic N) is 1. The van der Waals surface area contributed by atoms with Crippen LogP contribution in [0.2, 0.25) is 0 Å². The van der Waals surface area contributed by atoms with Gasteiger partial charge in [0.1, 0.15) is 18.3 Å². The molecule has 4 atom stereocenters. The van der Waals surface area contributed by atoms with Crippen molar-refractivity contribution in [1.29, 1.82) is 0 Å². The Morgan fingerprint density at radius 1 is 1.50 bits per heavy atom. The second-order valence-corrected chi connectivity index (χ2v) is 6.42. The minimum atomic E-state index is -0.763. The van der Waals surface area contributed by atoms with Gasteiger partial charge in [-0.1, -0.05) is 6.08 Å². The van der Waals surface area contributed by atoms with Crippen LogP contribution in [-0.2, 0) is 18.9 Å². The summed E-state index contributed by atoms with van der Waals surface area (Å²) in [5.41, 5.74) is -0.564. The zero-order valence-corrected chi connectivity index (χ0v) is 14.0. The van der Waals surface area contributed by atoms with Gasteiger partial charge < -0.3 is 18.9 Å². The van der Waals surface area contributed by atoms with Crippen LogP contribution in [-0.4, -0.2) is 46.9 Å². The fourth-order valence-corrected chi connectivity index (χ4v) is 2.98. The van der Waals surface area contributed by atoms with E-state index in [-0.39, 0.29) is 12.7 Å². The van der Waals surface area contributed by atoms with Crippen LogP contribution in [0.15, 0.2) is 28.4 Å². The lowest BCUT2D eigenvalue weighted by Gasteiger charge is -2.38. The number of fused-ring (bicyclic) bond motifs is 1. The molecule has 0 spiro atoms. The summed E-state index contributed by atoms with van der Waals surface area (Å²) in [6.07, 6.45) is 1.09. The molecule has 2 aliphatic rings. The van der Waals surface area contributed by atoms with Crippen molar-refractivity contribution >= 4 is 0 Å². The van der Waals surface area contributed by atoms with Crippen molar-refractivity contribution in [2.24, 2.45) is 0 Å². The Morgan fingerprint density at radius 3 is 2.96 bits per heavy atom. The van der Waals surface area contributed by atoms with E-state index in [2.05, 4.69) is 11.6 Å². The molecular weight excluding hydrogens is 316 g/mol. The van der Waals surface area contributed by atoms with Gasteiger partial charge in [-0.05, 0) is 20.8 Å². The molecule has 8 nitrogen and oxygen atoms in total. The first kappa shape index (κ1) is 17.1. The highest BCUT2D eigenvalue weighted by Gasteiger charge is 2.52. The highest BCUT2D eigenvalue weighted by Crippen LogP contribution is 2.38. The molecule has 1 aromatic rings. The summed E-state index contributed by atoms with van der Waals surface area (Å²) in [7, 11) is 0. The number of nitrogens with one attached hydrogen (secondary N) is 1. The Balaban J connectivity index is 1.97. The SMILES string of the molecule is C=CCO[C@@H]1[C@H]2OC(C)(C)OC[C@H]2O[C@H]1n1cc(C)c(=O)[nH]c1=O. The number of rotatable bonds is 4. The zero-order chi connectivity index (χ0) is 17.5. The molecule has 0 aromatic carbocycles. The fraction of sp³-hybridized carbons (Fsp3) is 0.625. The van der Waals surface area contributed by atoms with Crippen LogP contribution >= 0.6 is 0 Å². The molecule has 2 saturated heterocycles. The van der Waals surface area contributed by atoms with E-state index in [1.807, 2.05) is 13.8 Å². The van der Waals surface area contributed by atoms with Gasteiger partial charge in [0.15, 0.2) is 12.0 Å². The van der Waals surface area contributed by atoms with Gasteiger partial charge in [-0.3, -0.25) is 14.3 Å². The first-order valence-electron chi connectivity index (χ1n) is 7.84. The molecule has 0 aliphatic carbocycles. The average Bonchev–Trinajstić information content (AvgIpc) is 2.85. The van der Waals surface area contributed by atoms with Crippen molar-refractivity contribution in [2.75, 3.05) is 13.2 Å². The molecule has 24 heavy (non-hydrogen) atoms. The molecule has 3 heterocycles. The number of aromatic amines is 1. The predicted molar refractivity (Wildman–Crippen MR) is 84.8 cm³/mol. The Labute approximate surface area is 139 Å². The van der Waals surface area contributed by atoms with Gasteiger partial charge in [-0.15, -0.1) is 6.58 Å². The molecule has 8 heteroatoms. The van der Waals surface area contributed by atoms with Gasteiger partial charge in [0.2, 0.25) is 0 Å². The smallest absolute Gasteiger partial charge is 0.330 e. The number of hydrogen-bond donors (Lipinski definition) is 1. The molecule has 3 rings (SSSR count). The number of aryl methyl sites for hydroxylation is 1. The summed E-state index contributed by atoms with van der Waals surface area (Å²) in [5.74, 6) is -0.763. The first-order valence-corrected chi connectivity index (χ1v) is 7.84. The fourth-order valence-electron chi connectivity index (χ4n) is 2.98. The molecule has 0 saturated carbocycles. The van der Waals surface area contributed by atoms with E-state index < -0.39 is 35.5 Å². The van der Waals surface area contributed by atoms with Crippen molar-refractivity contribution in [3.63, 3.8) is 0 Å². The Bertz CT molecular complexity index is 737. The predicted octanol–water partition coefficient (Wildman–Crippen LogP) is 0.465. The van der Waals surface area contributed by atoms with E-state index in [0.717, 1.165) is 0 Å². The third-order valence-electron chi connectivity index (χ3n) is 4.13. The van der Waals surface area contributed by atoms with Gasteiger partial charge in [-0.2, -0.15) is 0 Å². The molecule has 1 N–H and O–H groups in total. The average molecular weight is 338 g/mol. The molecule has 0 amide bonds. The summed E-state index contributed by atoms with van der Waals surface area (Å²) in [5, 5.41) is 0. The summed E-state index contributed by atoms with van der Waals surface area (Å²) in [6, 6.07) is 0. The lowest BCUT2D eigenvalue weighted by atomic mass is 10.1. The van der Waals surface area contributed by atoms with Crippen LogP contribution in [0.25, 0.3) is 0 Å². The van der Waals surface area contributed by atoms with Crippen LogP contribution in [0.5, 0.6) is 0 Å². The molecule has 2 fully saturated rings. The molecule has 1 aromatic heterocycles. The largest absolute Gasteiger partial charge is 0.367 e. The van der Waals surface area contributed by atoms with Crippen LogP contribution in [0.4, 0.5) is 0 Å². The first-order chi connectivity index (χ1) is 11.3. The molecule has 0 radical (unpaired) electrons. The maximum atomic E-state index is 12.2. The number of aromatic nitrogens is 2. The van der Waals surface area contributed by atoms with E-state index in [1.165, 1.54) is 10.8 Å². The number of ether oxygens (including phenoxy) is 4. The van der Waals surface area contributed by atoms with Crippen molar-refractivity contribution in [2.45, 2.75) is 51.1 Å². The highest BCUT2D eigenvalue weighted by molar-refractivity contribution is 5.04. The van der Waals surface area contributed by atoms with Gasteiger partial charge >= 0.3 is 5.69 Å². The van der Waals surface area contributed by atoms with E-state index in [4.69, 9.17) is 18.9 Å². The molecule has 0 unspecified atom stereocenters. The Morgan fingerprint density at radius 2 is 2.25 bits per heavy atom. The minimum Gasteiger partial charge on any atom is -0.367 e. The summed E-state index contributed by atoms with van der Waals surface area (Å²) in [4.78, 5) is 26.1. The quantitative estimate of drug-likeness (QED) is 0.802. The number of hydrogen-bond acceptors (Lipinski definition) is 6. The zero-order valence-electron chi connectivity index (χ0n) is 14.0. The van der Waals surface area contributed by atoms with Gasteiger partial charge in [-0.25, -0.2) is 4.79 Å². The van der Waals surface area contributed by atoms with Crippen molar-refractivity contribution in [3.05, 3.63) is 45.3 Å². The maximum Gasteiger partial charge on any atom is 0.330 e. The third kappa shape index (κ3) is 3.10. The molecular formula is C16H22N2O6. The van der Waals surface area contributed by atoms with E-state index in [1.54, 1.807) is 13.0 Å². The second-order valence-electron chi connectivity index (χ2n) is 6.42. The van der Waals surface area contributed by atoms with Gasteiger partial charge in [0.25, 0.3) is 5.56 Å². The van der Waals surface area contributed by atoms with Crippen molar-refractivity contribution in [1.82, 2.24) is 9.55 Å². The lowest BCUT2D eigenvalue weighted by molar-refractivity contribution is -0.301. The lowest BCUT2D eigenvalue weighted by Crippen LogP contribution is -2.50. The monoisotopic (exact) mass is 338 g/mol. The normalized spacial score (nSPS) is 31.6. The molecule has 2 aliphatic heterocycles. The van der Waals surface area contributed by atoms with E-state index in [0.29, 0.717) is 12.2 Å². The summed E-state index contributed by atoms with van der Waals surface area (Å²) >= 11 is 0. The topological polar surface area (TPSA) is 91.8 Å². The highest BCUT2D eigenvalue weighted by atomic mass is 16.7. The summed E-state index contributed by atoms with van der Waals surface area (Å²) < 4.78 is 24.7. The standard InChI is InChI=1S/C16H22N2O6/c1-5-6-21-12-11-10(8-22-16(3,4)24-11)23-14(12)18-7-9(2)13(19)17-15(18)20/h5,7,10-12,14H,1,6,8H2,2-4H3,(H,17,19,20)/t10-,11+,12-,14-/m1/s1. The van der Waals surface area contributed by atoms with Crippen LogP contribution < -0.4 is 11.2 Å². The van der Waals surface area contributed by atoms with E-state index in [9.17, 15) is 9.59 Å². The second kappa shape index (κ2) is 6.29.